The van der Waals surface area contributed by atoms with Gasteiger partial charge in [-0.05, 0) is 11.6 Å². The maximum absolute atomic E-state index is 13.3. The van der Waals surface area contributed by atoms with Crippen molar-refractivity contribution in [3.63, 3.8) is 0 Å². The Kier molecular flexibility index (Phi) is 5.53. The third kappa shape index (κ3) is 4.87. The van der Waals surface area contributed by atoms with E-state index >= 15 is 0 Å². The second-order valence-electron chi connectivity index (χ2n) is 4.94. The quantitative estimate of drug-likeness (QED) is 0.637. The number of guanidine groups is 1. The fourth-order valence-corrected chi connectivity index (χ4v) is 2.21. The minimum atomic E-state index is -4.76. The Morgan fingerprint density at radius 3 is 2.36 bits per heavy atom. The topological polar surface area (TPSA) is 90.7 Å². The third-order valence-electron chi connectivity index (χ3n) is 3.07. The van der Waals surface area contributed by atoms with Crippen LogP contribution in [0.4, 0.5) is 13.2 Å². The molecule has 0 atom stereocenters. The molecular formula is C16H13ClF3N3O2. The molecule has 2 rings (SSSR count). The van der Waals surface area contributed by atoms with E-state index in [0.717, 1.165) is 6.07 Å². The number of carbonyl (C=O) groups is 1. The van der Waals surface area contributed by atoms with Crippen LogP contribution in [0.25, 0.3) is 0 Å². The van der Waals surface area contributed by atoms with Gasteiger partial charge in [0.15, 0.2) is 5.96 Å². The molecule has 5 nitrogen and oxygen atoms in total. The van der Waals surface area contributed by atoms with Crippen LogP contribution >= 0.6 is 11.6 Å². The van der Waals surface area contributed by atoms with Crippen molar-refractivity contribution in [3.05, 3.63) is 64.2 Å². The van der Waals surface area contributed by atoms with E-state index in [1.165, 1.54) is 0 Å². The number of hydrogen-bond acceptors (Lipinski definition) is 2. The van der Waals surface area contributed by atoms with Crippen LogP contribution in [0.5, 0.6) is 5.75 Å². The van der Waals surface area contributed by atoms with E-state index in [4.69, 9.17) is 27.8 Å². The molecule has 0 unspecified atom stereocenters. The lowest BCUT2D eigenvalue weighted by atomic mass is 10.1. The molecule has 0 aliphatic carbocycles. The number of hydrogen-bond donors (Lipinski definition) is 2. The number of amides is 1. The van der Waals surface area contributed by atoms with E-state index in [1.54, 1.807) is 30.3 Å². The Bertz CT molecular complexity index is 804. The van der Waals surface area contributed by atoms with E-state index in [0.29, 0.717) is 11.6 Å². The molecule has 0 fully saturated rings. The minimum absolute atomic E-state index is 0.0958. The van der Waals surface area contributed by atoms with Gasteiger partial charge in [-0.2, -0.15) is 18.2 Å². The SMILES string of the molecule is NC(N)=NC(=O)c1cc(C(F)(F)F)c(OCc2ccccc2)cc1Cl. The molecular weight excluding hydrogens is 359 g/mol. The maximum Gasteiger partial charge on any atom is 0.419 e. The van der Waals surface area contributed by atoms with Gasteiger partial charge in [0.2, 0.25) is 0 Å². The highest BCUT2D eigenvalue weighted by Crippen LogP contribution is 2.39. The van der Waals surface area contributed by atoms with Crippen molar-refractivity contribution in [3.8, 4) is 5.75 Å². The van der Waals surface area contributed by atoms with Gasteiger partial charge < -0.3 is 16.2 Å². The van der Waals surface area contributed by atoms with Crippen LogP contribution in [-0.4, -0.2) is 11.9 Å². The summed E-state index contributed by atoms with van der Waals surface area (Å²) in [6, 6.07) is 10.1. The number of nitrogens with two attached hydrogens (primary N) is 2. The van der Waals surface area contributed by atoms with Gasteiger partial charge in [0.05, 0.1) is 16.1 Å². The average Bonchev–Trinajstić information content (AvgIpc) is 2.52. The summed E-state index contributed by atoms with van der Waals surface area (Å²) in [6.45, 7) is -0.0958. The molecule has 25 heavy (non-hydrogen) atoms. The summed E-state index contributed by atoms with van der Waals surface area (Å²) in [5.74, 6) is -2.16. The van der Waals surface area contributed by atoms with Gasteiger partial charge in [-0.3, -0.25) is 4.79 Å². The maximum atomic E-state index is 13.3. The van der Waals surface area contributed by atoms with Crippen molar-refractivity contribution >= 4 is 23.5 Å². The van der Waals surface area contributed by atoms with E-state index in [9.17, 15) is 18.0 Å². The smallest absolute Gasteiger partial charge is 0.419 e. The summed E-state index contributed by atoms with van der Waals surface area (Å²) in [7, 11) is 0. The molecule has 0 heterocycles. The van der Waals surface area contributed by atoms with Gasteiger partial charge in [-0.15, -0.1) is 0 Å². The molecule has 0 bridgehead atoms. The Morgan fingerprint density at radius 2 is 1.80 bits per heavy atom. The highest BCUT2D eigenvalue weighted by molar-refractivity contribution is 6.34. The largest absolute Gasteiger partial charge is 0.488 e. The molecule has 9 heteroatoms. The average molecular weight is 372 g/mol. The summed E-state index contributed by atoms with van der Waals surface area (Å²) in [5, 5.41) is -0.258. The lowest BCUT2D eigenvalue weighted by Crippen LogP contribution is -2.24. The van der Waals surface area contributed by atoms with E-state index in [1.807, 2.05) is 0 Å². The first kappa shape index (κ1) is 18.6. The van der Waals surface area contributed by atoms with Crippen LogP contribution in [0, 0.1) is 0 Å². The zero-order chi connectivity index (χ0) is 18.6. The van der Waals surface area contributed by atoms with Gasteiger partial charge in [-0.25, -0.2) is 0 Å². The van der Waals surface area contributed by atoms with Crippen molar-refractivity contribution < 1.29 is 22.7 Å². The lowest BCUT2D eigenvalue weighted by Gasteiger charge is -2.16. The Hall–Kier alpha value is -2.74. The molecule has 132 valence electrons. The number of alkyl halides is 3. The van der Waals surface area contributed by atoms with Crippen LogP contribution in [0.1, 0.15) is 21.5 Å². The normalized spacial score (nSPS) is 11.0. The van der Waals surface area contributed by atoms with Gasteiger partial charge in [0.1, 0.15) is 12.4 Å². The Balaban J connectivity index is 2.41. The molecule has 2 aromatic rings. The fraction of sp³-hybridized carbons (Fsp3) is 0.125. The number of rotatable bonds is 4. The van der Waals surface area contributed by atoms with Crippen molar-refractivity contribution in [1.29, 1.82) is 0 Å². The molecule has 0 saturated carbocycles. The predicted molar refractivity (Wildman–Crippen MR) is 87.4 cm³/mol. The summed E-state index contributed by atoms with van der Waals surface area (Å²) in [6.07, 6.45) is -4.76. The molecule has 0 aliphatic heterocycles. The Morgan fingerprint density at radius 1 is 1.16 bits per heavy atom. The first-order chi connectivity index (χ1) is 11.7. The first-order valence-corrected chi connectivity index (χ1v) is 7.27. The number of halogens is 4. The van der Waals surface area contributed by atoms with Crippen LogP contribution < -0.4 is 16.2 Å². The van der Waals surface area contributed by atoms with Crippen molar-refractivity contribution in [2.45, 2.75) is 12.8 Å². The molecule has 0 aliphatic rings. The second kappa shape index (κ2) is 7.43. The zero-order valence-electron chi connectivity index (χ0n) is 12.7. The molecule has 0 saturated heterocycles. The molecule has 0 spiro atoms. The Labute approximate surface area is 146 Å². The molecule has 0 aromatic heterocycles. The molecule has 1 amide bonds. The third-order valence-corrected chi connectivity index (χ3v) is 3.39. The number of aliphatic imine (C=N–C) groups is 1. The summed E-state index contributed by atoms with van der Waals surface area (Å²) >= 11 is 5.89. The lowest BCUT2D eigenvalue weighted by molar-refractivity contribution is -0.139. The first-order valence-electron chi connectivity index (χ1n) is 6.90. The van der Waals surface area contributed by atoms with Gasteiger partial charge >= 0.3 is 6.18 Å². The van der Waals surface area contributed by atoms with Gasteiger partial charge in [0.25, 0.3) is 5.91 Å². The highest BCUT2D eigenvalue weighted by atomic mass is 35.5. The second-order valence-corrected chi connectivity index (χ2v) is 5.35. The van der Waals surface area contributed by atoms with Crippen LogP contribution in [0.2, 0.25) is 5.02 Å². The van der Waals surface area contributed by atoms with Crippen LogP contribution in [0.15, 0.2) is 47.5 Å². The zero-order valence-corrected chi connectivity index (χ0v) is 13.4. The molecule has 2 aromatic carbocycles. The highest BCUT2D eigenvalue weighted by Gasteiger charge is 2.36. The van der Waals surface area contributed by atoms with Crippen molar-refractivity contribution in [2.75, 3.05) is 0 Å². The summed E-state index contributed by atoms with van der Waals surface area (Å²) in [5.41, 5.74) is 9.17. The van der Waals surface area contributed by atoms with E-state index in [-0.39, 0.29) is 11.6 Å². The monoisotopic (exact) mass is 371 g/mol. The number of carbonyl (C=O) groups excluding carboxylic acids is 1. The standard InChI is InChI=1S/C16H13ClF3N3O2/c17-12-7-13(25-8-9-4-2-1-3-5-9)11(16(18,19)20)6-10(12)14(24)23-15(21)22/h1-7H,8H2,(H4,21,22,23,24). The van der Waals surface area contributed by atoms with Crippen LogP contribution in [-0.2, 0) is 12.8 Å². The predicted octanol–water partition coefficient (Wildman–Crippen LogP) is 3.35. The van der Waals surface area contributed by atoms with Gasteiger partial charge in [0, 0.05) is 6.07 Å². The van der Waals surface area contributed by atoms with E-state index < -0.39 is 34.9 Å². The number of nitrogens with zero attached hydrogens (tertiary/aromatic N) is 1. The van der Waals surface area contributed by atoms with Crippen molar-refractivity contribution in [2.24, 2.45) is 16.5 Å². The minimum Gasteiger partial charge on any atom is -0.488 e. The van der Waals surface area contributed by atoms with E-state index in [2.05, 4.69) is 4.99 Å². The van der Waals surface area contributed by atoms with Crippen molar-refractivity contribution in [1.82, 2.24) is 0 Å². The summed E-state index contributed by atoms with van der Waals surface area (Å²) in [4.78, 5) is 15.0. The number of ether oxygens (including phenoxy) is 1. The van der Waals surface area contributed by atoms with Gasteiger partial charge in [-0.1, -0.05) is 41.9 Å². The molecule has 4 N–H and O–H groups in total. The summed E-state index contributed by atoms with van der Waals surface area (Å²) < 4.78 is 45.1. The van der Waals surface area contributed by atoms with Crippen LogP contribution in [0.3, 0.4) is 0 Å². The molecule has 0 radical (unpaired) electrons. The number of benzene rings is 2. The fourth-order valence-electron chi connectivity index (χ4n) is 1.97.